The van der Waals surface area contributed by atoms with Gasteiger partial charge in [-0.1, -0.05) is 42.5 Å². The van der Waals surface area contributed by atoms with Gasteiger partial charge in [0.05, 0.1) is 28.0 Å². The number of rotatable bonds is 1. The molecule has 5 heteroatoms. The second kappa shape index (κ2) is 5.64. The maximum Gasteiger partial charge on any atom is 0.416 e. The van der Waals surface area contributed by atoms with Gasteiger partial charge in [-0.2, -0.15) is 13.2 Å². The Morgan fingerprint density at radius 1 is 0.741 bits per heavy atom. The van der Waals surface area contributed by atoms with E-state index in [0.29, 0.717) is 5.56 Å². The normalized spacial score (nSPS) is 12.9. The smallest absolute Gasteiger partial charge is 0.249 e. The zero-order valence-electron chi connectivity index (χ0n) is 14.1. The van der Waals surface area contributed by atoms with Crippen LogP contribution in [0.5, 0.6) is 0 Å². The number of hydrogen-bond donors (Lipinski definition) is 0. The molecule has 0 saturated carbocycles. The lowest BCUT2D eigenvalue weighted by Gasteiger charge is -2.09. The van der Waals surface area contributed by atoms with Gasteiger partial charge in [-0.25, -0.2) is 9.97 Å². The number of halogens is 3. The SMILES string of the molecule is FC(F)(F)c1ccc(-c2ccc3nc4c(nc3c2)-c2ccccc2C4)cc1. The van der Waals surface area contributed by atoms with Crippen LogP contribution in [0.3, 0.4) is 0 Å². The minimum absolute atomic E-state index is 0.652. The van der Waals surface area contributed by atoms with Gasteiger partial charge in [-0.15, -0.1) is 0 Å². The van der Waals surface area contributed by atoms with E-state index in [1.807, 2.05) is 36.4 Å². The van der Waals surface area contributed by atoms with Crippen LogP contribution < -0.4 is 0 Å². The van der Waals surface area contributed by atoms with Crippen molar-refractivity contribution in [3.8, 4) is 22.4 Å². The lowest BCUT2D eigenvalue weighted by Crippen LogP contribution is -2.03. The van der Waals surface area contributed by atoms with Crippen molar-refractivity contribution in [2.75, 3.05) is 0 Å². The highest BCUT2D eigenvalue weighted by Crippen LogP contribution is 2.36. The van der Waals surface area contributed by atoms with Crippen LogP contribution in [-0.4, -0.2) is 9.97 Å². The summed E-state index contributed by atoms with van der Waals surface area (Å²) in [7, 11) is 0. The molecule has 4 aromatic rings. The quantitative estimate of drug-likeness (QED) is 0.372. The van der Waals surface area contributed by atoms with Crippen molar-refractivity contribution in [3.63, 3.8) is 0 Å². The maximum absolute atomic E-state index is 12.8. The number of aromatic nitrogens is 2. The molecule has 1 aromatic heterocycles. The summed E-state index contributed by atoms with van der Waals surface area (Å²) in [5.74, 6) is 0. The fraction of sp³-hybridized carbons (Fsp3) is 0.0909. The van der Waals surface area contributed by atoms with E-state index in [4.69, 9.17) is 9.97 Å². The molecule has 2 nitrogen and oxygen atoms in total. The van der Waals surface area contributed by atoms with Crippen LogP contribution in [0.25, 0.3) is 33.4 Å². The van der Waals surface area contributed by atoms with Crippen molar-refractivity contribution in [2.24, 2.45) is 0 Å². The number of fused-ring (bicyclic) bond motifs is 4. The molecule has 0 spiro atoms. The third-order valence-corrected chi connectivity index (χ3v) is 4.91. The Hall–Kier alpha value is -3.21. The van der Waals surface area contributed by atoms with E-state index in [1.54, 1.807) is 0 Å². The molecule has 0 bridgehead atoms. The Balaban J connectivity index is 1.59. The number of alkyl halides is 3. The predicted octanol–water partition coefficient (Wildman–Crippen LogP) is 5.89. The van der Waals surface area contributed by atoms with E-state index in [0.717, 1.165) is 52.1 Å². The average Bonchev–Trinajstić information content (AvgIpc) is 3.02. The molecule has 0 amide bonds. The first-order chi connectivity index (χ1) is 13.0. The van der Waals surface area contributed by atoms with Crippen LogP contribution in [0.4, 0.5) is 13.2 Å². The minimum Gasteiger partial charge on any atom is -0.249 e. The third kappa shape index (κ3) is 2.67. The van der Waals surface area contributed by atoms with Crippen molar-refractivity contribution in [2.45, 2.75) is 12.6 Å². The summed E-state index contributed by atoms with van der Waals surface area (Å²) in [6.07, 6.45) is -3.56. The van der Waals surface area contributed by atoms with Crippen LogP contribution in [0.15, 0.2) is 66.7 Å². The number of nitrogens with zero attached hydrogens (tertiary/aromatic N) is 2. The molecule has 0 unspecified atom stereocenters. The maximum atomic E-state index is 12.8. The molecule has 132 valence electrons. The summed E-state index contributed by atoms with van der Waals surface area (Å²) in [6.45, 7) is 0. The molecule has 1 aliphatic carbocycles. The largest absolute Gasteiger partial charge is 0.416 e. The summed E-state index contributed by atoms with van der Waals surface area (Å²) in [5, 5.41) is 0. The highest BCUT2D eigenvalue weighted by molar-refractivity contribution is 5.85. The summed E-state index contributed by atoms with van der Waals surface area (Å²) in [4.78, 5) is 9.54. The average molecular weight is 362 g/mol. The first kappa shape index (κ1) is 16.0. The summed E-state index contributed by atoms with van der Waals surface area (Å²) in [6, 6.07) is 18.9. The second-order valence-corrected chi connectivity index (χ2v) is 6.63. The minimum atomic E-state index is -4.33. The van der Waals surface area contributed by atoms with Crippen LogP contribution in [0, 0.1) is 0 Å². The highest BCUT2D eigenvalue weighted by atomic mass is 19.4. The van der Waals surface area contributed by atoms with Crippen LogP contribution in [0.1, 0.15) is 16.8 Å². The molecule has 0 fully saturated rings. The molecule has 0 N–H and O–H groups in total. The number of benzene rings is 3. The molecule has 27 heavy (non-hydrogen) atoms. The van der Waals surface area contributed by atoms with Crippen molar-refractivity contribution in [1.29, 1.82) is 0 Å². The molecule has 3 aromatic carbocycles. The molecular formula is C22H13F3N2. The van der Waals surface area contributed by atoms with E-state index in [9.17, 15) is 13.2 Å². The number of hydrogen-bond acceptors (Lipinski definition) is 2. The molecule has 5 rings (SSSR count). The second-order valence-electron chi connectivity index (χ2n) is 6.63. The van der Waals surface area contributed by atoms with Gasteiger partial charge in [0.1, 0.15) is 0 Å². The zero-order chi connectivity index (χ0) is 18.6. The predicted molar refractivity (Wildman–Crippen MR) is 98.2 cm³/mol. The van der Waals surface area contributed by atoms with E-state index >= 15 is 0 Å². The van der Waals surface area contributed by atoms with E-state index < -0.39 is 11.7 Å². The molecule has 0 aliphatic heterocycles. The van der Waals surface area contributed by atoms with Gasteiger partial charge in [0.25, 0.3) is 0 Å². The van der Waals surface area contributed by atoms with E-state index in [1.165, 1.54) is 17.7 Å². The standard InChI is InChI=1S/C22H13F3N2/c23-22(24,25)16-8-5-13(6-9-16)14-7-10-18-19(11-14)27-21-17-4-2-1-3-15(17)12-20(21)26-18/h1-11H,12H2. The van der Waals surface area contributed by atoms with Crippen molar-refractivity contribution < 1.29 is 13.2 Å². The van der Waals surface area contributed by atoms with Gasteiger partial charge < -0.3 is 0 Å². The Labute approximate surface area is 153 Å². The van der Waals surface area contributed by atoms with Gasteiger partial charge >= 0.3 is 6.18 Å². The molecule has 1 heterocycles. The topological polar surface area (TPSA) is 25.8 Å². The van der Waals surface area contributed by atoms with Gasteiger partial charge in [0.15, 0.2) is 0 Å². The molecule has 0 radical (unpaired) electrons. The molecule has 1 aliphatic rings. The molecule has 0 saturated heterocycles. The van der Waals surface area contributed by atoms with Crippen molar-refractivity contribution >= 4 is 11.0 Å². The fourth-order valence-corrected chi connectivity index (χ4v) is 3.55. The Morgan fingerprint density at radius 3 is 2.26 bits per heavy atom. The van der Waals surface area contributed by atoms with Gasteiger partial charge in [0, 0.05) is 12.0 Å². The Morgan fingerprint density at radius 2 is 1.48 bits per heavy atom. The molecule has 0 atom stereocenters. The summed E-state index contributed by atoms with van der Waals surface area (Å²) >= 11 is 0. The highest BCUT2D eigenvalue weighted by Gasteiger charge is 2.30. The van der Waals surface area contributed by atoms with Crippen LogP contribution in [-0.2, 0) is 12.6 Å². The third-order valence-electron chi connectivity index (χ3n) is 4.91. The lowest BCUT2D eigenvalue weighted by atomic mass is 10.0. The monoisotopic (exact) mass is 362 g/mol. The van der Waals surface area contributed by atoms with Crippen molar-refractivity contribution in [1.82, 2.24) is 9.97 Å². The summed E-state index contributed by atoms with van der Waals surface area (Å²) in [5.41, 5.74) is 6.58. The van der Waals surface area contributed by atoms with Crippen LogP contribution >= 0.6 is 0 Å². The Kier molecular flexibility index (Phi) is 3.34. The first-order valence-corrected chi connectivity index (χ1v) is 8.56. The first-order valence-electron chi connectivity index (χ1n) is 8.56. The van der Waals surface area contributed by atoms with Gasteiger partial charge in [0.2, 0.25) is 0 Å². The van der Waals surface area contributed by atoms with Gasteiger partial charge in [-0.3, -0.25) is 0 Å². The van der Waals surface area contributed by atoms with E-state index in [2.05, 4.69) is 6.07 Å². The Bertz CT molecular complexity index is 1180. The molecular weight excluding hydrogens is 349 g/mol. The fourth-order valence-electron chi connectivity index (χ4n) is 3.55. The van der Waals surface area contributed by atoms with Gasteiger partial charge in [-0.05, 0) is 41.0 Å². The van der Waals surface area contributed by atoms with Crippen molar-refractivity contribution in [3.05, 3.63) is 83.6 Å². The summed E-state index contributed by atoms with van der Waals surface area (Å²) < 4.78 is 38.3. The lowest BCUT2D eigenvalue weighted by molar-refractivity contribution is -0.137. The van der Waals surface area contributed by atoms with E-state index in [-0.39, 0.29) is 0 Å². The van der Waals surface area contributed by atoms with Crippen LogP contribution in [0.2, 0.25) is 0 Å². The zero-order valence-corrected chi connectivity index (χ0v) is 14.1.